The number of halogens is 1. The van der Waals surface area contributed by atoms with E-state index in [1.54, 1.807) is 19.1 Å². The summed E-state index contributed by atoms with van der Waals surface area (Å²) < 4.78 is 1.34. The Morgan fingerprint density at radius 2 is 2.00 bits per heavy atom. The molecule has 0 bridgehead atoms. The Morgan fingerprint density at radius 3 is 2.81 bits per heavy atom. The molecule has 4 rings (SSSR count). The van der Waals surface area contributed by atoms with Crippen LogP contribution in [-0.4, -0.2) is 51.6 Å². The molecule has 1 aliphatic rings. The van der Waals surface area contributed by atoms with Gasteiger partial charge in [0.1, 0.15) is 0 Å². The summed E-state index contributed by atoms with van der Waals surface area (Å²) in [5.74, 6) is -0.0553. The maximum absolute atomic E-state index is 12.8. The molecule has 1 aliphatic heterocycles. The SMILES string of the molecule is Cc1cc(=O)n2nc(N3CCCN(C(=O)c4ccccc4Cl)CC3)sc2n1. The second-order valence-electron chi connectivity index (χ2n) is 6.43. The Hall–Kier alpha value is -2.45. The normalized spacial score (nSPS) is 15.2. The fourth-order valence-corrected chi connectivity index (χ4v) is 4.38. The molecule has 1 fully saturated rings. The van der Waals surface area contributed by atoms with Gasteiger partial charge in [0.05, 0.1) is 10.6 Å². The summed E-state index contributed by atoms with van der Waals surface area (Å²) in [6.45, 7) is 4.43. The van der Waals surface area contributed by atoms with E-state index in [9.17, 15) is 9.59 Å². The van der Waals surface area contributed by atoms with Crippen molar-refractivity contribution in [1.29, 1.82) is 0 Å². The van der Waals surface area contributed by atoms with E-state index in [-0.39, 0.29) is 11.5 Å². The lowest BCUT2D eigenvalue weighted by molar-refractivity contribution is 0.0767. The van der Waals surface area contributed by atoms with Crippen molar-refractivity contribution in [2.45, 2.75) is 13.3 Å². The Kier molecular flexibility index (Phi) is 4.84. The number of carbonyl (C=O) groups is 1. The van der Waals surface area contributed by atoms with E-state index in [0.29, 0.717) is 40.9 Å². The number of nitrogens with zero attached hydrogens (tertiary/aromatic N) is 5. The van der Waals surface area contributed by atoms with Gasteiger partial charge >= 0.3 is 0 Å². The van der Waals surface area contributed by atoms with Crippen LogP contribution in [0.4, 0.5) is 5.13 Å². The van der Waals surface area contributed by atoms with Crippen LogP contribution in [0.15, 0.2) is 35.1 Å². The maximum Gasteiger partial charge on any atom is 0.275 e. The number of hydrogen-bond donors (Lipinski definition) is 0. The third-order valence-electron chi connectivity index (χ3n) is 4.52. The quantitative estimate of drug-likeness (QED) is 0.657. The van der Waals surface area contributed by atoms with E-state index >= 15 is 0 Å². The topological polar surface area (TPSA) is 70.8 Å². The number of hydrogen-bond acceptors (Lipinski definition) is 6. The first-order valence-corrected chi connectivity index (χ1v) is 9.88. The molecule has 0 atom stereocenters. The Bertz CT molecular complexity index is 1060. The van der Waals surface area contributed by atoms with Gasteiger partial charge in [-0.1, -0.05) is 35.1 Å². The Morgan fingerprint density at radius 1 is 1.19 bits per heavy atom. The lowest BCUT2D eigenvalue weighted by Crippen LogP contribution is -2.35. The molecule has 27 heavy (non-hydrogen) atoms. The summed E-state index contributed by atoms with van der Waals surface area (Å²) in [7, 11) is 0. The predicted octanol–water partition coefficient (Wildman–Crippen LogP) is 2.47. The lowest BCUT2D eigenvalue weighted by Gasteiger charge is -2.22. The number of aromatic nitrogens is 3. The van der Waals surface area contributed by atoms with E-state index in [4.69, 9.17) is 11.6 Å². The molecule has 1 saturated heterocycles. The zero-order chi connectivity index (χ0) is 19.0. The highest BCUT2D eigenvalue weighted by Crippen LogP contribution is 2.24. The van der Waals surface area contributed by atoms with Gasteiger partial charge in [-0.15, -0.1) is 5.10 Å². The fraction of sp³-hybridized carbons (Fsp3) is 0.333. The monoisotopic (exact) mass is 403 g/mol. The number of aryl methyl sites for hydroxylation is 1. The van der Waals surface area contributed by atoms with Crippen LogP contribution in [-0.2, 0) is 0 Å². The van der Waals surface area contributed by atoms with E-state index in [2.05, 4.69) is 15.0 Å². The summed E-state index contributed by atoms with van der Waals surface area (Å²) in [4.78, 5) is 33.8. The number of anilines is 1. The molecule has 2 aromatic heterocycles. The second kappa shape index (κ2) is 7.28. The van der Waals surface area contributed by atoms with Gasteiger partial charge in [0.25, 0.3) is 11.5 Å². The van der Waals surface area contributed by atoms with Crippen molar-refractivity contribution < 1.29 is 4.79 Å². The van der Waals surface area contributed by atoms with Gasteiger partial charge in [-0.2, -0.15) is 4.52 Å². The minimum atomic E-state index is -0.176. The molecule has 0 N–H and O–H groups in total. The molecule has 3 heterocycles. The molecule has 140 valence electrons. The van der Waals surface area contributed by atoms with Gasteiger partial charge < -0.3 is 9.80 Å². The number of fused-ring (bicyclic) bond motifs is 1. The Balaban J connectivity index is 1.54. The van der Waals surface area contributed by atoms with Crippen LogP contribution in [0.5, 0.6) is 0 Å². The molecule has 1 amide bonds. The minimum absolute atomic E-state index is 0.0553. The molecule has 1 aromatic carbocycles. The summed E-state index contributed by atoms with van der Waals surface area (Å²) in [5, 5.41) is 5.64. The highest BCUT2D eigenvalue weighted by Gasteiger charge is 2.23. The first-order chi connectivity index (χ1) is 13.0. The van der Waals surface area contributed by atoms with Gasteiger partial charge in [-0.25, -0.2) is 4.98 Å². The first-order valence-electron chi connectivity index (χ1n) is 8.69. The first kappa shape index (κ1) is 17.9. The summed E-state index contributed by atoms with van der Waals surface area (Å²) in [6, 6.07) is 8.59. The van der Waals surface area contributed by atoms with Crippen LogP contribution in [0.2, 0.25) is 5.02 Å². The molecule has 0 unspecified atom stereocenters. The van der Waals surface area contributed by atoms with E-state index in [0.717, 1.165) is 18.1 Å². The van der Waals surface area contributed by atoms with Crippen LogP contribution in [0.25, 0.3) is 4.96 Å². The van der Waals surface area contributed by atoms with Gasteiger partial charge in [0.2, 0.25) is 10.1 Å². The van der Waals surface area contributed by atoms with Crippen LogP contribution in [0, 0.1) is 6.92 Å². The van der Waals surface area contributed by atoms with Gasteiger partial charge in [-0.05, 0) is 25.5 Å². The van der Waals surface area contributed by atoms with Gasteiger partial charge in [0.15, 0.2) is 0 Å². The second-order valence-corrected chi connectivity index (χ2v) is 7.77. The maximum atomic E-state index is 12.8. The van der Waals surface area contributed by atoms with Crippen LogP contribution in [0.1, 0.15) is 22.5 Å². The molecule has 0 radical (unpaired) electrons. The van der Waals surface area contributed by atoms with Crippen molar-refractivity contribution in [2.24, 2.45) is 0 Å². The van der Waals surface area contributed by atoms with Crippen molar-refractivity contribution in [3.05, 3.63) is 57.0 Å². The number of rotatable bonds is 2. The molecular formula is C18H18ClN5O2S. The Labute approximate surface area is 164 Å². The molecule has 7 nitrogen and oxygen atoms in total. The van der Waals surface area contributed by atoms with Crippen molar-refractivity contribution in [1.82, 2.24) is 19.5 Å². The fourth-order valence-electron chi connectivity index (χ4n) is 3.15. The average Bonchev–Trinajstić information content (AvgIpc) is 2.91. The lowest BCUT2D eigenvalue weighted by atomic mass is 10.2. The molecule has 9 heteroatoms. The minimum Gasteiger partial charge on any atom is -0.345 e. The average molecular weight is 404 g/mol. The van der Waals surface area contributed by atoms with E-state index in [1.165, 1.54) is 21.9 Å². The highest BCUT2D eigenvalue weighted by molar-refractivity contribution is 7.20. The summed E-state index contributed by atoms with van der Waals surface area (Å²) in [6.07, 6.45) is 0.813. The molecule has 0 aliphatic carbocycles. The largest absolute Gasteiger partial charge is 0.345 e. The highest BCUT2D eigenvalue weighted by atomic mass is 35.5. The van der Waals surface area contributed by atoms with Crippen molar-refractivity contribution >= 4 is 38.9 Å². The van der Waals surface area contributed by atoms with E-state index in [1.807, 2.05) is 17.0 Å². The molecule has 3 aromatic rings. The van der Waals surface area contributed by atoms with Crippen molar-refractivity contribution in [3.63, 3.8) is 0 Å². The zero-order valence-corrected chi connectivity index (χ0v) is 16.3. The standard InChI is InChI=1S/C18H18ClN5O2S/c1-12-11-15(25)24-17(20-12)27-18(21-24)23-8-4-7-22(9-10-23)16(26)13-5-2-3-6-14(13)19/h2-3,5-6,11H,4,7-10H2,1H3. The number of carbonyl (C=O) groups excluding carboxylic acids is 1. The van der Waals surface area contributed by atoms with Gasteiger partial charge in [-0.3, -0.25) is 9.59 Å². The zero-order valence-electron chi connectivity index (χ0n) is 14.8. The van der Waals surface area contributed by atoms with Crippen LogP contribution < -0.4 is 10.5 Å². The predicted molar refractivity (Wildman–Crippen MR) is 106 cm³/mol. The third kappa shape index (κ3) is 3.54. The molecular weight excluding hydrogens is 386 g/mol. The smallest absolute Gasteiger partial charge is 0.275 e. The van der Waals surface area contributed by atoms with Crippen molar-refractivity contribution in [2.75, 3.05) is 31.1 Å². The third-order valence-corrected chi connectivity index (χ3v) is 5.82. The molecule has 0 spiro atoms. The molecule has 0 saturated carbocycles. The van der Waals surface area contributed by atoms with E-state index < -0.39 is 0 Å². The van der Waals surface area contributed by atoms with Crippen molar-refractivity contribution in [3.8, 4) is 0 Å². The van der Waals surface area contributed by atoms with Crippen LogP contribution >= 0.6 is 22.9 Å². The summed E-state index contributed by atoms with van der Waals surface area (Å²) >= 11 is 7.56. The van der Waals surface area contributed by atoms with Crippen LogP contribution in [0.3, 0.4) is 0 Å². The number of amides is 1. The summed E-state index contributed by atoms with van der Waals surface area (Å²) in [5.41, 5.74) is 1.03. The van der Waals surface area contributed by atoms with Gasteiger partial charge in [0, 0.05) is 37.9 Å². The number of benzene rings is 1.